The summed E-state index contributed by atoms with van der Waals surface area (Å²) in [4.78, 5) is 8.44. The summed E-state index contributed by atoms with van der Waals surface area (Å²) in [5.74, 6) is 0.559. The van der Waals surface area contributed by atoms with E-state index in [1.54, 1.807) is 49.6 Å². The fourth-order valence-electron chi connectivity index (χ4n) is 2.15. The van der Waals surface area contributed by atoms with Crippen molar-refractivity contribution in [2.45, 2.75) is 11.3 Å². The molecule has 0 unspecified atom stereocenters. The smallest absolute Gasteiger partial charge is 0.191 e. The molecule has 2 N–H and O–H groups in total. The van der Waals surface area contributed by atoms with Crippen LogP contribution in [-0.2, 0) is 16.3 Å². The number of sulfone groups is 1. The highest BCUT2D eigenvalue weighted by Crippen LogP contribution is 2.09. The van der Waals surface area contributed by atoms with Gasteiger partial charge in [-0.05, 0) is 30.2 Å². The molecular weight excluding hydrogens is 360 g/mol. The largest absolute Gasteiger partial charge is 0.356 e. The fourth-order valence-corrected chi connectivity index (χ4v) is 3.44. The van der Waals surface area contributed by atoms with Crippen molar-refractivity contribution in [2.75, 3.05) is 25.9 Å². The number of aromatic nitrogens is 1. The highest BCUT2D eigenvalue weighted by Gasteiger charge is 2.13. The lowest BCUT2D eigenvalue weighted by molar-refractivity contribution is 0.594. The Morgan fingerprint density at radius 2 is 1.84 bits per heavy atom. The zero-order valence-electron chi connectivity index (χ0n) is 13.9. The molecule has 2 rings (SSSR count). The van der Waals surface area contributed by atoms with Gasteiger partial charge in [0.2, 0.25) is 0 Å². The van der Waals surface area contributed by atoms with Crippen LogP contribution < -0.4 is 10.6 Å². The van der Waals surface area contributed by atoms with E-state index in [4.69, 9.17) is 11.6 Å². The predicted octanol–water partition coefficient (Wildman–Crippen LogP) is 1.92. The average molecular weight is 381 g/mol. The Kier molecular flexibility index (Phi) is 7.21. The Morgan fingerprint density at radius 3 is 2.48 bits per heavy atom. The number of aliphatic imine (C=N–C) groups is 1. The van der Waals surface area contributed by atoms with Crippen LogP contribution >= 0.6 is 11.6 Å². The Balaban J connectivity index is 1.76. The van der Waals surface area contributed by atoms with Crippen molar-refractivity contribution in [3.05, 3.63) is 59.4 Å². The lowest BCUT2D eigenvalue weighted by Gasteiger charge is -2.12. The van der Waals surface area contributed by atoms with Gasteiger partial charge in [0.25, 0.3) is 0 Å². The van der Waals surface area contributed by atoms with Crippen molar-refractivity contribution in [1.82, 2.24) is 15.6 Å². The Labute approximate surface area is 153 Å². The lowest BCUT2D eigenvalue weighted by Crippen LogP contribution is -2.40. The van der Waals surface area contributed by atoms with Gasteiger partial charge in [0, 0.05) is 26.3 Å². The molecule has 0 radical (unpaired) electrons. The minimum atomic E-state index is -3.30. The molecule has 1 heterocycles. The molecule has 0 fully saturated rings. The summed E-state index contributed by atoms with van der Waals surface area (Å²) in [7, 11) is -1.65. The maximum Gasteiger partial charge on any atom is 0.191 e. The molecule has 0 aliphatic carbocycles. The Morgan fingerprint density at radius 1 is 1.12 bits per heavy atom. The predicted molar refractivity (Wildman–Crippen MR) is 101 cm³/mol. The number of hydrogen-bond acceptors (Lipinski definition) is 4. The molecule has 8 heteroatoms. The van der Waals surface area contributed by atoms with Crippen LogP contribution in [0.5, 0.6) is 0 Å². The van der Waals surface area contributed by atoms with E-state index < -0.39 is 9.84 Å². The van der Waals surface area contributed by atoms with E-state index in [9.17, 15) is 8.42 Å². The summed E-state index contributed by atoms with van der Waals surface area (Å²) in [5, 5.41) is 6.62. The first-order valence-corrected chi connectivity index (χ1v) is 9.87. The van der Waals surface area contributed by atoms with Gasteiger partial charge in [-0.3, -0.25) is 4.99 Å². The molecular formula is C17H21ClN4O2S. The number of halogens is 1. The minimum Gasteiger partial charge on any atom is -0.356 e. The second kappa shape index (κ2) is 9.39. The third kappa shape index (κ3) is 6.36. The first-order valence-electron chi connectivity index (χ1n) is 7.84. The van der Waals surface area contributed by atoms with Gasteiger partial charge in [-0.15, -0.1) is 0 Å². The summed E-state index contributed by atoms with van der Waals surface area (Å²) in [5.41, 5.74) is 1.05. The molecule has 1 aromatic carbocycles. The number of hydrogen-bond donors (Lipinski definition) is 2. The molecule has 0 spiro atoms. The first-order chi connectivity index (χ1) is 12.0. The zero-order chi connectivity index (χ0) is 18.1. The van der Waals surface area contributed by atoms with Crippen LogP contribution in [0.3, 0.4) is 0 Å². The summed E-state index contributed by atoms with van der Waals surface area (Å²) < 4.78 is 24.4. The molecule has 1 aromatic heterocycles. The standard InChI is InChI=1S/C17H21ClN4O2S/c1-19-17(20-10-9-14-7-8-16(18)22-13-14)21-11-12-25(23,24)15-5-3-2-4-6-15/h2-8,13H,9-12H2,1H3,(H2,19,20,21). The summed E-state index contributed by atoms with van der Waals surface area (Å²) in [6.45, 7) is 0.924. The van der Waals surface area contributed by atoms with Crippen LogP contribution in [0.2, 0.25) is 5.15 Å². The monoisotopic (exact) mass is 380 g/mol. The molecule has 0 saturated heterocycles. The quantitative estimate of drug-likeness (QED) is 0.435. The number of nitrogens with one attached hydrogen (secondary N) is 2. The molecule has 0 aliphatic rings. The number of nitrogens with zero attached hydrogens (tertiary/aromatic N) is 2. The summed E-state index contributed by atoms with van der Waals surface area (Å²) in [6, 6.07) is 12.1. The second-order valence-electron chi connectivity index (χ2n) is 5.30. The summed E-state index contributed by atoms with van der Waals surface area (Å²) in [6.07, 6.45) is 2.49. The third-order valence-electron chi connectivity index (χ3n) is 3.48. The number of pyridine rings is 1. The lowest BCUT2D eigenvalue weighted by atomic mass is 10.2. The van der Waals surface area contributed by atoms with Gasteiger partial charge in [0.15, 0.2) is 15.8 Å². The highest BCUT2D eigenvalue weighted by molar-refractivity contribution is 7.91. The molecule has 6 nitrogen and oxygen atoms in total. The van der Waals surface area contributed by atoms with Crippen LogP contribution in [0.25, 0.3) is 0 Å². The van der Waals surface area contributed by atoms with Crippen LogP contribution in [-0.4, -0.2) is 45.3 Å². The average Bonchev–Trinajstić information content (AvgIpc) is 2.62. The van der Waals surface area contributed by atoms with Gasteiger partial charge < -0.3 is 10.6 Å². The van der Waals surface area contributed by atoms with E-state index in [1.165, 1.54) is 0 Å². The normalized spacial score (nSPS) is 12.0. The maximum absolute atomic E-state index is 12.2. The van der Waals surface area contributed by atoms with Crippen molar-refractivity contribution < 1.29 is 8.42 Å². The van der Waals surface area contributed by atoms with Crippen molar-refractivity contribution in [2.24, 2.45) is 4.99 Å². The number of benzene rings is 1. The van der Waals surface area contributed by atoms with Gasteiger partial charge >= 0.3 is 0 Å². The SMILES string of the molecule is CN=C(NCCc1ccc(Cl)nc1)NCCS(=O)(=O)c1ccccc1. The van der Waals surface area contributed by atoms with Gasteiger partial charge in [-0.1, -0.05) is 35.9 Å². The second-order valence-corrected chi connectivity index (χ2v) is 7.79. The van der Waals surface area contributed by atoms with Crippen molar-refractivity contribution in [3.63, 3.8) is 0 Å². The fraction of sp³-hybridized carbons (Fsp3) is 0.294. The molecule has 25 heavy (non-hydrogen) atoms. The number of rotatable bonds is 7. The van der Waals surface area contributed by atoms with Crippen LogP contribution in [0.15, 0.2) is 58.5 Å². The molecule has 0 amide bonds. The first kappa shape index (κ1) is 19.2. The number of guanidine groups is 1. The van der Waals surface area contributed by atoms with E-state index in [-0.39, 0.29) is 12.3 Å². The Hall–Kier alpha value is -2.12. The van der Waals surface area contributed by atoms with E-state index in [2.05, 4.69) is 20.6 Å². The van der Waals surface area contributed by atoms with E-state index in [1.807, 2.05) is 6.07 Å². The molecule has 0 bridgehead atoms. The minimum absolute atomic E-state index is 0.00117. The van der Waals surface area contributed by atoms with Gasteiger partial charge in [0.1, 0.15) is 5.15 Å². The summed E-state index contributed by atoms with van der Waals surface area (Å²) >= 11 is 5.75. The van der Waals surface area contributed by atoms with Gasteiger partial charge in [-0.25, -0.2) is 13.4 Å². The van der Waals surface area contributed by atoms with Crippen LogP contribution in [0.1, 0.15) is 5.56 Å². The van der Waals surface area contributed by atoms with Gasteiger partial charge in [-0.2, -0.15) is 0 Å². The van der Waals surface area contributed by atoms with Gasteiger partial charge in [0.05, 0.1) is 10.6 Å². The highest BCUT2D eigenvalue weighted by atomic mass is 35.5. The topological polar surface area (TPSA) is 83.4 Å². The Bertz CT molecular complexity index is 793. The molecule has 0 atom stereocenters. The molecule has 0 aliphatic heterocycles. The van der Waals surface area contributed by atoms with E-state index in [0.717, 1.165) is 12.0 Å². The van der Waals surface area contributed by atoms with Crippen molar-refractivity contribution in [3.8, 4) is 0 Å². The van der Waals surface area contributed by atoms with E-state index >= 15 is 0 Å². The van der Waals surface area contributed by atoms with Crippen molar-refractivity contribution in [1.29, 1.82) is 0 Å². The zero-order valence-corrected chi connectivity index (χ0v) is 15.5. The van der Waals surface area contributed by atoms with Crippen LogP contribution in [0.4, 0.5) is 0 Å². The molecule has 134 valence electrons. The van der Waals surface area contributed by atoms with E-state index in [0.29, 0.717) is 22.6 Å². The third-order valence-corrected chi connectivity index (χ3v) is 5.44. The van der Waals surface area contributed by atoms with Crippen LogP contribution in [0, 0.1) is 0 Å². The molecule has 0 saturated carbocycles. The molecule has 2 aromatic rings. The maximum atomic E-state index is 12.2. The van der Waals surface area contributed by atoms with Crippen molar-refractivity contribution >= 4 is 27.4 Å².